The minimum atomic E-state index is -0.216. The van der Waals surface area contributed by atoms with E-state index in [-0.39, 0.29) is 11.8 Å². The van der Waals surface area contributed by atoms with Gasteiger partial charge in [0.15, 0.2) is 0 Å². The number of alkyl halides is 1. The van der Waals surface area contributed by atoms with E-state index in [1.165, 1.54) is 0 Å². The second-order valence-electron chi connectivity index (χ2n) is 2.67. The van der Waals surface area contributed by atoms with Crippen molar-refractivity contribution in [3.8, 4) is 0 Å². The lowest BCUT2D eigenvalue weighted by atomic mass is 10.4. The largest absolute Gasteiger partial charge is 0.349 e. The Kier molecular flexibility index (Phi) is 4.22. The van der Waals surface area contributed by atoms with Crippen molar-refractivity contribution in [2.45, 2.75) is 20.0 Å². The number of hydrogen-bond donors (Lipinski definition) is 1. The van der Waals surface area contributed by atoms with E-state index >= 15 is 0 Å². The monoisotopic (exact) mass is 235 g/mol. The summed E-state index contributed by atoms with van der Waals surface area (Å²) in [7, 11) is 0. The molecule has 14 heavy (non-hydrogen) atoms. The van der Waals surface area contributed by atoms with Gasteiger partial charge in [-0.1, -0.05) is 11.6 Å². The van der Waals surface area contributed by atoms with Gasteiger partial charge in [-0.3, -0.25) is 9.48 Å². The summed E-state index contributed by atoms with van der Waals surface area (Å²) < 4.78 is 1.73. The molecule has 0 aliphatic heterocycles. The number of nitrogens with one attached hydrogen (secondary N) is 1. The van der Waals surface area contributed by atoms with E-state index < -0.39 is 0 Å². The molecular weight excluding hydrogens is 225 g/mol. The minimum Gasteiger partial charge on any atom is -0.349 e. The van der Waals surface area contributed by atoms with Gasteiger partial charge in [-0.15, -0.1) is 11.6 Å². The highest BCUT2D eigenvalue weighted by molar-refractivity contribution is 6.31. The Morgan fingerprint density at radius 1 is 1.71 bits per heavy atom. The van der Waals surface area contributed by atoms with Crippen LogP contribution >= 0.6 is 23.2 Å². The van der Waals surface area contributed by atoms with Gasteiger partial charge in [0.1, 0.15) is 5.88 Å². The molecule has 0 saturated heterocycles. The molecule has 0 radical (unpaired) electrons. The zero-order valence-corrected chi connectivity index (χ0v) is 9.27. The summed E-state index contributed by atoms with van der Waals surface area (Å²) in [6, 6.07) is 0. The van der Waals surface area contributed by atoms with Crippen molar-refractivity contribution in [3.05, 3.63) is 16.9 Å². The molecule has 6 heteroatoms. The number of carbonyl (C=O) groups is 1. The van der Waals surface area contributed by atoms with E-state index in [1.54, 1.807) is 10.9 Å². The van der Waals surface area contributed by atoms with Crippen LogP contribution in [0.4, 0.5) is 0 Å². The molecule has 78 valence electrons. The maximum atomic E-state index is 10.9. The predicted octanol–water partition coefficient (Wildman–Crippen LogP) is 1.41. The Hall–Kier alpha value is -0.740. The van der Waals surface area contributed by atoms with Crippen molar-refractivity contribution >= 4 is 29.1 Å². The topological polar surface area (TPSA) is 46.9 Å². The molecule has 0 fully saturated rings. The number of amides is 1. The molecule has 1 aromatic rings. The fraction of sp³-hybridized carbons (Fsp3) is 0.500. The van der Waals surface area contributed by atoms with Crippen molar-refractivity contribution in [2.75, 3.05) is 5.88 Å². The third-order valence-corrected chi connectivity index (χ3v) is 2.33. The van der Waals surface area contributed by atoms with Crippen LogP contribution in [0.2, 0.25) is 5.02 Å². The van der Waals surface area contributed by atoms with Crippen LogP contribution in [0.25, 0.3) is 0 Å². The van der Waals surface area contributed by atoms with Gasteiger partial charge in [-0.2, -0.15) is 5.10 Å². The lowest BCUT2D eigenvalue weighted by molar-refractivity contribution is -0.118. The summed E-state index contributed by atoms with van der Waals surface area (Å²) >= 11 is 11.2. The molecule has 0 unspecified atom stereocenters. The van der Waals surface area contributed by atoms with Crippen molar-refractivity contribution in [2.24, 2.45) is 0 Å². The number of carbonyl (C=O) groups excluding carboxylic acids is 1. The molecule has 0 aliphatic carbocycles. The minimum absolute atomic E-state index is 0.0438. The van der Waals surface area contributed by atoms with Gasteiger partial charge in [0.25, 0.3) is 0 Å². The van der Waals surface area contributed by atoms with E-state index in [9.17, 15) is 4.79 Å². The first-order chi connectivity index (χ1) is 6.69. The van der Waals surface area contributed by atoms with Crippen LogP contribution in [0.1, 0.15) is 12.6 Å². The fourth-order valence-electron chi connectivity index (χ4n) is 1.07. The number of aryl methyl sites for hydroxylation is 1. The maximum absolute atomic E-state index is 10.9. The van der Waals surface area contributed by atoms with Crippen LogP contribution in [0.15, 0.2) is 6.20 Å². The summed E-state index contributed by atoms with van der Waals surface area (Å²) in [6.07, 6.45) is 1.56. The average Bonchev–Trinajstić information content (AvgIpc) is 2.55. The molecule has 0 aromatic carbocycles. The zero-order valence-electron chi connectivity index (χ0n) is 7.76. The molecule has 1 rings (SSSR count). The van der Waals surface area contributed by atoms with Crippen molar-refractivity contribution < 1.29 is 4.79 Å². The average molecular weight is 236 g/mol. The van der Waals surface area contributed by atoms with Gasteiger partial charge in [0.05, 0.1) is 23.5 Å². The summed E-state index contributed by atoms with van der Waals surface area (Å²) in [5, 5.41) is 7.23. The van der Waals surface area contributed by atoms with Gasteiger partial charge in [-0.05, 0) is 6.92 Å². The van der Waals surface area contributed by atoms with Crippen LogP contribution in [-0.2, 0) is 17.9 Å². The van der Waals surface area contributed by atoms with Gasteiger partial charge in [0, 0.05) is 6.54 Å². The van der Waals surface area contributed by atoms with Gasteiger partial charge in [-0.25, -0.2) is 0 Å². The summed E-state index contributed by atoms with van der Waals surface area (Å²) in [4.78, 5) is 10.9. The van der Waals surface area contributed by atoms with Crippen LogP contribution < -0.4 is 5.32 Å². The van der Waals surface area contributed by atoms with Crippen LogP contribution in [-0.4, -0.2) is 21.6 Å². The Morgan fingerprint density at radius 3 is 3.00 bits per heavy atom. The third-order valence-electron chi connectivity index (χ3n) is 1.77. The highest BCUT2D eigenvalue weighted by Gasteiger charge is 2.08. The number of hydrogen-bond acceptors (Lipinski definition) is 2. The molecule has 1 amide bonds. The number of rotatable bonds is 4. The first-order valence-corrected chi connectivity index (χ1v) is 5.13. The Morgan fingerprint density at radius 2 is 2.43 bits per heavy atom. The molecular formula is C8H11Cl2N3O. The molecule has 0 aliphatic rings. The summed E-state index contributed by atoms with van der Waals surface area (Å²) in [5.74, 6) is -0.260. The van der Waals surface area contributed by atoms with E-state index in [1.807, 2.05) is 6.92 Å². The van der Waals surface area contributed by atoms with Gasteiger partial charge in [0.2, 0.25) is 5.91 Å². The summed E-state index contributed by atoms with van der Waals surface area (Å²) in [6.45, 7) is 3.03. The maximum Gasteiger partial charge on any atom is 0.235 e. The van der Waals surface area contributed by atoms with E-state index in [0.29, 0.717) is 11.6 Å². The molecule has 1 aromatic heterocycles. The number of aromatic nitrogens is 2. The fourth-order valence-corrected chi connectivity index (χ4v) is 1.37. The lowest BCUT2D eigenvalue weighted by Gasteiger charge is -2.06. The second kappa shape index (κ2) is 5.22. The molecule has 0 spiro atoms. The first kappa shape index (κ1) is 11.3. The molecule has 1 N–H and O–H groups in total. The molecule has 1 heterocycles. The SMILES string of the molecule is CCn1ncc(Cl)c1CNC(=O)CCl. The van der Waals surface area contributed by atoms with Crippen LogP contribution in [0.3, 0.4) is 0 Å². The lowest BCUT2D eigenvalue weighted by Crippen LogP contribution is -2.25. The summed E-state index contributed by atoms with van der Waals surface area (Å²) in [5.41, 5.74) is 0.799. The zero-order chi connectivity index (χ0) is 10.6. The normalized spacial score (nSPS) is 10.2. The van der Waals surface area contributed by atoms with Crippen LogP contribution in [0.5, 0.6) is 0 Å². The van der Waals surface area contributed by atoms with E-state index in [0.717, 1.165) is 12.2 Å². The molecule has 0 saturated carbocycles. The van der Waals surface area contributed by atoms with Crippen LogP contribution in [0, 0.1) is 0 Å². The second-order valence-corrected chi connectivity index (χ2v) is 3.34. The van der Waals surface area contributed by atoms with Crippen molar-refractivity contribution in [1.82, 2.24) is 15.1 Å². The molecule has 0 bridgehead atoms. The van der Waals surface area contributed by atoms with E-state index in [4.69, 9.17) is 23.2 Å². The third kappa shape index (κ3) is 2.62. The van der Waals surface area contributed by atoms with Gasteiger partial charge >= 0.3 is 0 Å². The predicted molar refractivity (Wildman–Crippen MR) is 55.5 cm³/mol. The number of halogens is 2. The van der Waals surface area contributed by atoms with Gasteiger partial charge < -0.3 is 5.32 Å². The molecule has 0 atom stereocenters. The van der Waals surface area contributed by atoms with E-state index in [2.05, 4.69) is 10.4 Å². The quantitative estimate of drug-likeness (QED) is 0.803. The highest BCUT2D eigenvalue weighted by atomic mass is 35.5. The standard InChI is InChI=1S/C8H11Cl2N3O/c1-2-13-7(6(10)4-12-13)5-11-8(14)3-9/h4H,2-3,5H2,1H3,(H,11,14). The van der Waals surface area contributed by atoms with Crippen molar-refractivity contribution in [1.29, 1.82) is 0 Å². The Balaban J connectivity index is 2.65. The highest BCUT2D eigenvalue weighted by Crippen LogP contribution is 2.14. The first-order valence-electron chi connectivity index (χ1n) is 4.21. The smallest absolute Gasteiger partial charge is 0.235 e. The Labute approximate surface area is 92.2 Å². The number of nitrogens with zero attached hydrogens (tertiary/aromatic N) is 2. The van der Waals surface area contributed by atoms with Crippen molar-refractivity contribution in [3.63, 3.8) is 0 Å². The molecule has 4 nitrogen and oxygen atoms in total. The Bertz CT molecular complexity index is 324.